The van der Waals surface area contributed by atoms with Gasteiger partial charge in [-0.3, -0.25) is 9.78 Å². The molecule has 2 heterocycles. The Kier molecular flexibility index (Phi) is 5.30. The number of furan rings is 1. The minimum absolute atomic E-state index is 0.00457. The van der Waals surface area contributed by atoms with Crippen molar-refractivity contribution in [3.8, 4) is 0 Å². The lowest BCUT2D eigenvalue weighted by Crippen LogP contribution is -2.35. The van der Waals surface area contributed by atoms with Crippen LogP contribution in [-0.4, -0.2) is 16.9 Å². The number of amides is 3. The van der Waals surface area contributed by atoms with Gasteiger partial charge < -0.3 is 20.8 Å². The van der Waals surface area contributed by atoms with Crippen molar-refractivity contribution in [3.63, 3.8) is 0 Å². The highest BCUT2D eigenvalue weighted by molar-refractivity contribution is 5.95. The number of rotatable bonds is 5. The fourth-order valence-corrected chi connectivity index (χ4v) is 3.00. The average Bonchev–Trinajstić information content (AvgIpc) is 2.95. The first-order valence-electron chi connectivity index (χ1n) is 8.77. The van der Waals surface area contributed by atoms with E-state index >= 15 is 0 Å². The molecule has 8 heteroatoms. The van der Waals surface area contributed by atoms with Gasteiger partial charge in [0.05, 0.1) is 23.5 Å². The number of nitrogens with zero attached hydrogens (tertiary/aromatic N) is 1. The summed E-state index contributed by atoms with van der Waals surface area (Å²) in [7, 11) is 0. The van der Waals surface area contributed by atoms with Gasteiger partial charge in [0.25, 0.3) is 0 Å². The zero-order valence-electron chi connectivity index (χ0n) is 15.7. The van der Waals surface area contributed by atoms with E-state index in [0.29, 0.717) is 22.4 Å². The van der Waals surface area contributed by atoms with Crippen LogP contribution in [0, 0.1) is 18.7 Å². The Labute approximate surface area is 161 Å². The number of aryl methyl sites for hydroxylation is 1. The summed E-state index contributed by atoms with van der Waals surface area (Å²) in [4.78, 5) is 27.6. The van der Waals surface area contributed by atoms with E-state index in [2.05, 4.69) is 15.6 Å². The van der Waals surface area contributed by atoms with Gasteiger partial charge in [0, 0.05) is 17.1 Å². The lowest BCUT2D eigenvalue weighted by atomic mass is 9.98. The topological polar surface area (TPSA) is 110 Å². The molecule has 0 aliphatic rings. The predicted molar refractivity (Wildman–Crippen MR) is 103 cm³/mol. The van der Waals surface area contributed by atoms with Crippen molar-refractivity contribution >= 4 is 28.6 Å². The highest BCUT2D eigenvalue weighted by atomic mass is 19.1. The van der Waals surface area contributed by atoms with E-state index in [-0.39, 0.29) is 17.3 Å². The highest BCUT2D eigenvalue weighted by Crippen LogP contribution is 2.33. The molecule has 0 saturated heterocycles. The fraction of sp³-hybridized carbons (Fsp3) is 0.250. The molecular formula is C20H21FN4O3. The molecule has 0 saturated carbocycles. The van der Waals surface area contributed by atoms with Crippen LogP contribution in [0.4, 0.5) is 14.9 Å². The van der Waals surface area contributed by atoms with Gasteiger partial charge in [0.1, 0.15) is 17.2 Å². The summed E-state index contributed by atoms with van der Waals surface area (Å²) in [6.07, 6.45) is 2.73. The number of aromatic nitrogens is 1. The van der Waals surface area contributed by atoms with Gasteiger partial charge in [-0.05, 0) is 37.1 Å². The normalized spacial score (nSPS) is 12.2. The van der Waals surface area contributed by atoms with E-state index in [1.807, 2.05) is 20.8 Å². The summed E-state index contributed by atoms with van der Waals surface area (Å²) in [5.41, 5.74) is 7.07. The number of benzene rings is 1. The molecule has 0 spiro atoms. The minimum Gasteiger partial charge on any atom is -0.459 e. The molecule has 0 fully saturated rings. The Morgan fingerprint density at radius 3 is 2.64 bits per heavy atom. The molecule has 3 aromatic rings. The summed E-state index contributed by atoms with van der Waals surface area (Å²) in [5.74, 6) is -0.418. The SMILES string of the molecule is Cc1c([C@H](NC(=O)Nc2cncc(C(N)=O)c2)C(C)C)oc2ccc(F)cc12. The Hall–Kier alpha value is -3.42. The molecule has 28 heavy (non-hydrogen) atoms. The summed E-state index contributed by atoms with van der Waals surface area (Å²) >= 11 is 0. The standard InChI is InChI=1S/C20H21FN4O3/c1-10(2)17(18-11(3)15-7-13(21)4-5-16(15)28-18)25-20(27)24-14-6-12(19(22)26)8-23-9-14/h4-10,17H,1-3H3,(H2,22,26)(H2,24,25,27)/t17-/m1/s1. The third kappa shape index (κ3) is 3.95. The second-order valence-corrected chi connectivity index (χ2v) is 6.88. The first-order chi connectivity index (χ1) is 13.3. The van der Waals surface area contributed by atoms with Crippen LogP contribution < -0.4 is 16.4 Å². The number of urea groups is 1. The summed E-state index contributed by atoms with van der Waals surface area (Å²) in [6, 6.07) is 4.82. The number of fused-ring (bicyclic) bond motifs is 1. The molecule has 0 aliphatic heterocycles. The Balaban J connectivity index is 1.84. The zero-order valence-corrected chi connectivity index (χ0v) is 15.7. The van der Waals surface area contributed by atoms with Gasteiger partial charge in [-0.25, -0.2) is 9.18 Å². The number of carbonyl (C=O) groups excluding carboxylic acids is 2. The summed E-state index contributed by atoms with van der Waals surface area (Å²) < 4.78 is 19.5. The van der Waals surface area contributed by atoms with Crippen LogP contribution in [0.5, 0.6) is 0 Å². The molecule has 2 aromatic heterocycles. The lowest BCUT2D eigenvalue weighted by Gasteiger charge is -2.21. The van der Waals surface area contributed by atoms with E-state index in [1.54, 1.807) is 6.07 Å². The lowest BCUT2D eigenvalue weighted by molar-refractivity contribution is 0.1000. The van der Waals surface area contributed by atoms with Gasteiger partial charge in [0.15, 0.2) is 0 Å². The molecule has 7 nitrogen and oxygen atoms in total. The van der Waals surface area contributed by atoms with Gasteiger partial charge in [-0.15, -0.1) is 0 Å². The number of primary amides is 1. The molecule has 0 unspecified atom stereocenters. The van der Waals surface area contributed by atoms with Crippen molar-refractivity contribution in [1.29, 1.82) is 0 Å². The Morgan fingerprint density at radius 1 is 1.21 bits per heavy atom. The van der Waals surface area contributed by atoms with Crippen LogP contribution in [0.15, 0.2) is 41.1 Å². The molecule has 1 atom stereocenters. The minimum atomic E-state index is -0.637. The van der Waals surface area contributed by atoms with E-state index in [1.165, 1.54) is 30.6 Å². The Bertz CT molecular complexity index is 1050. The number of carbonyl (C=O) groups is 2. The molecule has 146 valence electrons. The van der Waals surface area contributed by atoms with Crippen molar-refractivity contribution < 1.29 is 18.4 Å². The van der Waals surface area contributed by atoms with E-state index in [4.69, 9.17) is 10.2 Å². The number of nitrogens with two attached hydrogens (primary N) is 1. The fourth-order valence-electron chi connectivity index (χ4n) is 3.00. The van der Waals surface area contributed by atoms with Crippen molar-refractivity contribution in [1.82, 2.24) is 10.3 Å². The molecule has 1 aromatic carbocycles. The quantitative estimate of drug-likeness (QED) is 0.620. The highest BCUT2D eigenvalue weighted by Gasteiger charge is 2.25. The number of nitrogens with one attached hydrogen (secondary N) is 2. The summed E-state index contributed by atoms with van der Waals surface area (Å²) in [5, 5.41) is 6.17. The second-order valence-electron chi connectivity index (χ2n) is 6.88. The summed E-state index contributed by atoms with van der Waals surface area (Å²) in [6.45, 7) is 5.71. The number of pyridine rings is 1. The molecule has 0 bridgehead atoms. The van der Waals surface area contributed by atoms with Gasteiger partial charge in [-0.2, -0.15) is 0 Å². The predicted octanol–water partition coefficient (Wildman–Crippen LogP) is 3.89. The zero-order chi connectivity index (χ0) is 20.4. The average molecular weight is 384 g/mol. The van der Waals surface area contributed by atoms with Gasteiger partial charge in [-0.1, -0.05) is 13.8 Å². The molecule has 3 rings (SSSR count). The van der Waals surface area contributed by atoms with Crippen LogP contribution in [-0.2, 0) is 0 Å². The largest absolute Gasteiger partial charge is 0.459 e. The monoisotopic (exact) mass is 384 g/mol. The number of hydrogen-bond acceptors (Lipinski definition) is 4. The van der Waals surface area contributed by atoms with E-state index in [9.17, 15) is 14.0 Å². The van der Waals surface area contributed by atoms with Crippen LogP contribution in [0.3, 0.4) is 0 Å². The van der Waals surface area contributed by atoms with Crippen LogP contribution in [0.25, 0.3) is 11.0 Å². The van der Waals surface area contributed by atoms with Crippen LogP contribution >= 0.6 is 0 Å². The molecule has 4 N–H and O–H groups in total. The second kappa shape index (κ2) is 7.67. The molecule has 3 amide bonds. The van der Waals surface area contributed by atoms with Gasteiger partial charge in [0.2, 0.25) is 5.91 Å². The van der Waals surface area contributed by atoms with E-state index in [0.717, 1.165) is 5.56 Å². The van der Waals surface area contributed by atoms with Crippen molar-refractivity contribution in [3.05, 3.63) is 59.4 Å². The van der Waals surface area contributed by atoms with Gasteiger partial charge >= 0.3 is 6.03 Å². The maximum atomic E-state index is 13.6. The van der Waals surface area contributed by atoms with Crippen LogP contribution in [0.1, 0.15) is 41.6 Å². The smallest absolute Gasteiger partial charge is 0.319 e. The maximum absolute atomic E-state index is 13.6. The number of anilines is 1. The number of hydrogen-bond donors (Lipinski definition) is 3. The Morgan fingerprint density at radius 2 is 1.96 bits per heavy atom. The first-order valence-corrected chi connectivity index (χ1v) is 8.77. The molecular weight excluding hydrogens is 363 g/mol. The van der Waals surface area contributed by atoms with E-state index < -0.39 is 18.0 Å². The molecule has 0 radical (unpaired) electrons. The molecule has 0 aliphatic carbocycles. The van der Waals surface area contributed by atoms with Crippen molar-refractivity contribution in [2.75, 3.05) is 5.32 Å². The third-order valence-corrected chi connectivity index (χ3v) is 4.45. The van der Waals surface area contributed by atoms with Crippen molar-refractivity contribution in [2.24, 2.45) is 11.7 Å². The van der Waals surface area contributed by atoms with Crippen LogP contribution in [0.2, 0.25) is 0 Å². The first kappa shape index (κ1) is 19.3. The maximum Gasteiger partial charge on any atom is 0.319 e. The third-order valence-electron chi connectivity index (χ3n) is 4.45. The van der Waals surface area contributed by atoms with Crippen molar-refractivity contribution in [2.45, 2.75) is 26.8 Å². The number of halogens is 1.